The highest BCUT2D eigenvalue weighted by atomic mass is 16.2. The van der Waals surface area contributed by atoms with Crippen molar-refractivity contribution in [2.45, 2.75) is 33.1 Å². The smallest absolute Gasteiger partial charge is 0.277 e. The van der Waals surface area contributed by atoms with Crippen molar-refractivity contribution in [3.63, 3.8) is 0 Å². The van der Waals surface area contributed by atoms with Gasteiger partial charge < -0.3 is 10.2 Å². The molecule has 5 heteroatoms. The molecular weight excluding hydrogens is 348 g/mol. The molecule has 0 radical (unpaired) electrons. The Balaban J connectivity index is 1.65. The largest absolute Gasteiger partial charge is 0.340 e. The number of anilines is 3. The Hall–Kier alpha value is -3.21. The minimum Gasteiger partial charge on any atom is -0.340 e. The van der Waals surface area contributed by atoms with E-state index in [-0.39, 0.29) is 5.91 Å². The molecule has 1 aliphatic heterocycles. The van der Waals surface area contributed by atoms with Gasteiger partial charge in [-0.15, -0.1) is 0 Å². The second-order valence-corrected chi connectivity index (χ2v) is 7.01. The van der Waals surface area contributed by atoms with Gasteiger partial charge in [0.2, 0.25) is 0 Å². The summed E-state index contributed by atoms with van der Waals surface area (Å²) in [5.41, 5.74) is 4.83. The van der Waals surface area contributed by atoms with E-state index in [2.05, 4.69) is 34.3 Å². The molecule has 0 saturated carbocycles. The van der Waals surface area contributed by atoms with Crippen molar-refractivity contribution in [2.75, 3.05) is 16.8 Å². The lowest BCUT2D eigenvalue weighted by atomic mass is 10.0. The number of carbonyl (C=O) groups is 1. The molecule has 28 heavy (non-hydrogen) atoms. The Morgan fingerprint density at radius 1 is 1.11 bits per heavy atom. The molecule has 1 amide bonds. The van der Waals surface area contributed by atoms with Crippen molar-refractivity contribution < 1.29 is 4.79 Å². The number of para-hydroxylation sites is 2. The fraction of sp³-hybridized carbons (Fsp3) is 0.261. The van der Waals surface area contributed by atoms with Crippen molar-refractivity contribution in [3.05, 3.63) is 77.2 Å². The van der Waals surface area contributed by atoms with Crippen molar-refractivity contribution >= 4 is 23.1 Å². The van der Waals surface area contributed by atoms with Crippen molar-refractivity contribution in [1.82, 2.24) is 9.97 Å². The summed E-state index contributed by atoms with van der Waals surface area (Å²) in [6.45, 7) is 4.65. The zero-order valence-electron chi connectivity index (χ0n) is 16.3. The van der Waals surface area contributed by atoms with Crippen LogP contribution in [0.2, 0.25) is 0 Å². The first-order chi connectivity index (χ1) is 13.7. The molecule has 0 spiro atoms. The van der Waals surface area contributed by atoms with Gasteiger partial charge in [0.1, 0.15) is 17.3 Å². The molecule has 0 saturated heterocycles. The third kappa shape index (κ3) is 3.60. The standard InChI is InChI=1S/C23H24N4O/c1-3-17-9-4-6-12-19(17)26-22-15-20(24-16(2)25-22)23(28)27-14-8-11-18-10-5-7-13-21(18)27/h4-7,9-10,12-13,15H,3,8,11,14H2,1-2H3,(H,24,25,26). The highest BCUT2D eigenvalue weighted by molar-refractivity contribution is 6.05. The first kappa shape index (κ1) is 18.2. The number of aromatic nitrogens is 2. The minimum absolute atomic E-state index is 0.0792. The first-order valence-electron chi connectivity index (χ1n) is 9.76. The Morgan fingerprint density at radius 2 is 1.89 bits per heavy atom. The Morgan fingerprint density at radius 3 is 2.75 bits per heavy atom. The fourth-order valence-electron chi connectivity index (χ4n) is 3.71. The third-order valence-electron chi connectivity index (χ3n) is 5.07. The quantitative estimate of drug-likeness (QED) is 0.722. The van der Waals surface area contributed by atoms with Gasteiger partial charge in [-0.2, -0.15) is 0 Å². The molecule has 0 aliphatic carbocycles. The molecule has 3 aromatic rings. The lowest BCUT2D eigenvalue weighted by molar-refractivity contribution is 0.0980. The maximum atomic E-state index is 13.3. The van der Waals surface area contributed by atoms with Crippen LogP contribution in [0.4, 0.5) is 17.2 Å². The molecule has 5 nitrogen and oxygen atoms in total. The minimum atomic E-state index is -0.0792. The van der Waals surface area contributed by atoms with Crippen LogP contribution in [0.15, 0.2) is 54.6 Å². The zero-order valence-corrected chi connectivity index (χ0v) is 16.3. The summed E-state index contributed by atoms with van der Waals surface area (Å²) in [4.78, 5) is 24.0. The summed E-state index contributed by atoms with van der Waals surface area (Å²) in [7, 11) is 0. The van der Waals surface area contributed by atoms with Crippen LogP contribution in [0, 0.1) is 6.92 Å². The number of hydrogen-bond acceptors (Lipinski definition) is 4. The molecule has 0 fully saturated rings. The number of benzene rings is 2. The SMILES string of the molecule is CCc1ccccc1Nc1cc(C(=O)N2CCCc3ccccc32)nc(C)n1. The van der Waals surface area contributed by atoms with E-state index in [0.29, 0.717) is 23.9 Å². The second-order valence-electron chi connectivity index (χ2n) is 7.01. The Labute approximate surface area is 165 Å². The highest BCUT2D eigenvalue weighted by Gasteiger charge is 2.24. The van der Waals surface area contributed by atoms with E-state index in [4.69, 9.17) is 0 Å². The fourth-order valence-corrected chi connectivity index (χ4v) is 3.71. The molecular formula is C23H24N4O. The van der Waals surface area contributed by atoms with Gasteiger partial charge in [-0.1, -0.05) is 43.3 Å². The van der Waals surface area contributed by atoms with E-state index in [9.17, 15) is 4.79 Å². The van der Waals surface area contributed by atoms with E-state index in [0.717, 1.165) is 30.6 Å². The van der Waals surface area contributed by atoms with Crippen LogP contribution in [0.5, 0.6) is 0 Å². The summed E-state index contributed by atoms with van der Waals surface area (Å²) in [6.07, 6.45) is 2.88. The number of carbonyl (C=O) groups excluding carboxylic acids is 1. The van der Waals surface area contributed by atoms with Gasteiger partial charge in [-0.05, 0) is 49.4 Å². The lowest BCUT2D eigenvalue weighted by Crippen LogP contribution is -2.36. The van der Waals surface area contributed by atoms with Gasteiger partial charge in [0.15, 0.2) is 0 Å². The molecule has 1 aliphatic rings. The van der Waals surface area contributed by atoms with E-state index >= 15 is 0 Å². The number of amides is 1. The first-order valence-corrected chi connectivity index (χ1v) is 9.76. The molecule has 0 bridgehead atoms. The summed E-state index contributed by atoms with van der Waals surface area (Å²) >= 11 is 0. The van der Waals surface area contributed by atoms with Gasteiger partial charge in [-0.25, -0.2) is 9.97 Å². The Kier molecular flexibility index (Phi) is 5.06. The normalized spacial score (nSPS) is 13.1. The number of fused-ring (bicyclic) bond motifs is 1. The van der Waals surface area contributed by atoms with Crippen LogP contribution in [0.25, 0.3) is 0 Å². The zero-order chi connectivity index (χ0) is 19.5. The molecule has 2 aromatic carbocycles. The summed E-state index contributed by atoms with van der Waals surface area (Å²) in [5, 5.41) is 3.36. The van der Waals surface area contributed by atoms with Crippen LogP contribution in [-0.2, 0) is 12.8 Å². The summed E-state index contributed by atoms with van der Waals surface area (Å²) < 4.78 is 0. The maximum Gasteiger partial charge on any atom is 0.277 e. The topological polar surface area (TPSA) is 58.1 Å². The monoisotopic (exact) mass is 372 g/mol. The third-order valence-corrected chi connectivity index (χ3v) is 5.07. The molecule has 4 rings (SSSR count). The van der Waals surface area contributed by atoms with E-state index in [1.165, 1.54) is 11.1 Å². The molecule has 1 N–H and O–H groups in total. The number of hydrogen-bond donors (Lipinski definition) is 1. The van der Waals surface area contributed by atoms with Crippen LogP contribution in [0.3, 0.4) is 0 Å². The van der Waals surface area contributed by atoms with Crippen LogP contribution in [-0.4, -0.2) is 22.4 Å². The second kappa shape index (κ2) is 7.80. The number of nitrogens with one attached hydrogen (secondary N) is 1. The van der Waals surface area contributed by atoms with Crippen molar-refractivity contribution in [1.29, 1.82) is 0 Å². The molecule has 0 atom stereocenters. The summed E-state index contributed by atoms with van der Waals surface area (Å²) in [6, 6.07) is 18.0. The molecule has 142 valence electrons. The number of aryl methyl sites for hydroxylation is 3. The van der Waals surface area contributed by atoms with Crippen LogP contribution in [0.1, 0.15) is 40.8 Å². The predicted molar refractivity (Wildman–Crippen MR) is 112 cm³/mol. The molecule has 1 aromatic heterocycles. The van der Waals surface area contributed by atoms with Gasteiger partial charge in [-0.3, -0.25) is 4.79 Å². The van der Waals surface area contributed by atoms with Gasteiger partial charge in [0.25, 0.3) is 5.91 Å². The van der Waals surface area contributed by atoms with Gasteiger partial charge in [0, 0.05) is 24.0 Å². The van der Waals surface area contributed by atoms with Crippen LogP contribution >= 0.6 is 0 Å². The average Bonchev–Trinajstić information content (AvgIpc) is 2.73. The molecule has 0 unspecified atom stereocenters. The summed E-state index contributed by atoms with van der Waals surface area (Å²) in [5.74, 6) is 1.14. The average molecular weight is 372 g/mol. The van der Waals surface area contributed by atoms with Crippen molar-refractivity contribution in [3.8, 4) is 0 Å². The number of nitrogens with zero attached hydrogens (tertiary/aromatic N) is 3. The number of rotatable bonds is 4. The maximum absolute atomic E-state index is 13.3. The molecule has 2 heterocycles. The van der Waals surface area contributed by atoms with Gasteiger partial charge in [0.05, 0.1) is 0 Å². The van der Waals surface area contributed by atoms with E-state index in [1.54, 1.807) is 6.07 Å². The lowest BCUT2D eigenvalue weighted by Gasteiger charge is -2.29. The Bertz CT molecular complexity index is 1010. The van der Waals surface area contributed by atoms with Gasteiger partial charge >= 0.3 is 0 Å². The van der Waals surface area contributed by atoms with Crippen LogP contribution < -0.4 is 10.2 Å². The van der Waals surface area contributed by atoms with E-state index < -0.39 is 0 Å². The van der Waals surface area contributed by atoms with Crippen molar-refractivity contribution in [2.24, 2.45) is 0 Å². The van der Waals surface area contributed by atoms with E-state index in [1.807, 2.05) is 48.2 Å². The highest BCUT2D eigenvalue weighted by Crippen LogP contribution is 2.28. The predicted octanol–water partition coefficient (Wildman–Crippen LogP) is 4.68.